The summed E-state index contributed by atoms with van der Waals surface area (Å²) in [6.45, 7) is 2.07. The number of anilines is 1. The van der Waals surface area contributed by atoms with E-state index < -0.39 is 5.97 Å². The average molecular weight is 288 g/mol. The van der Waals surface area contributed by atoms with Gasteiger partial charge < -0.3 is 10.4 Å². The van der Waals surface area contributed by atoms with Gasteiger partial charge in [-0.05, 0) is 18.6 Å². The summed E-state index contributed by atoms with van der Waals surface area (Å²) in [4.78, 5) is 24.5. The molecule has 1 aromatic carbocycles. The minimum atomic E-state index is -0.953. The van der Waals surface area contributed by atoms with E-state index in [9.17, 15) is 9.59 Å². The number of aliphatic carboxylic acids is 1. The molecular formula is C16H20N2O3. The zero-order valence-electron chi connectivity index (χ0n) is 12.1. The van der Waals surface area contributed by atoms with E-state index in [1.807, 2.05) is 13.0 Å². The van der Waals surface area contributed by atoms with Crippen LogP contribution in [-0.2, 0) is 4.79 Å². The molecule has 0 aromatic heterocycles. The molecule has 0 saturated carbocycles. The number of carboxylic acid groups (broad SMARTS) is 1. The van der Waals surface area contributed by atoms with E-state index in [1.165, 1.54) is 4.90 Å². The topological polar surface area (TPSA) is 69.6 Å². The standard InChI is InChI=1S/C16H20N2O3/c1-3-8-13(4-2)17-16(21)18(12-11-15(19)20)14-9-6-5-7-10-14/h2,5-7,9-10,13H,3,8,11-12H2,1H3,(H,17,21)(H,19,20). The van der Waals surface area contributed by atoms with Crippen LogP contribution in [0.4, 0.5) is 10.5 Å². The van der Waals surface area contributed by atoms with Crippen molar-refractivity contribution >= 4 is 17.7 Å². The van der Waals surface area contributed by atoms with Gasteiger partial charge in [0.1, 0.15) is 0 Å². The minimum Gasteiger partial charge on any atom is -0.481 e. The molecule has 0 aliphatic heterocycles. The number of nitrogens with zero attached hydrogens (tertiary/aromatic N) is 1. The number of urea groups is 1. The van der Waals surface area contributed by atoms with Crippen LogP contribution in [0.3, 0.4) is 0 Å². The first-order valence-electron chi connectivity index (χ1n) is 6.89. The number of amides is 2. The molecule has 1 atom stereocenters. The normalized spacial score (nSPS) is 11.2. The van der Waals surface area contributed by atoms with Gasteiger partial charge in [0.2, 0.25) is 0 Å². The van der Waals surface area contributed by atoms with Crippen molar-refractivity contribution in [1.82, 2.24) is 5.32 Å². The number of hydrogen-bond donors (Lipinski definition) is 2. The van der Waals surface area contributed by atoms with E-state index in [4.69, 9.17) is 11.5 Å². The van der Waals surface area contributed by atoms with Gasteiger partial charge in [0.25, 0.3) is 0 Å². The van der Waals surface area contributed by atoms with Gasteiger partial charge in [0, 0.05) is 12.2 Å². The quantitative estimate of drug-likeness (QED) is 0.757. The Kier molecular flexibility index (Phi) is 6.82. The number of benzene rings is 1. The lowest BCUT2D eigenvalue weighted by atomic mass is 10.2. The maximum Gasteiger partial charge on any atom is 0.322 e. The van der Waals surface area contributed by atoms with E-state index in [0.29, 0.717) is 12.1 Å². The summed E-state index contributed by atoms with van der Waals surface area (Å²) in [6.07, 6.45) is 6.80. The van der Waals surface area contributed by atoms with Crippen LogP contribution in [0, 0.1) is 12.3 Å². The smallest absolute Gasteiger partial charge is 0.322 e. The Balaban J connectivity index is 2.83. The third-order valence-corrected chi connectivity index (χ3v) is 2.94. The number of carbonyl (C=O) groups is 2. The number of nitrogens with one attached hydrogen (secondary N) is 1. The Labute approximate surface area is 125 Å². The molecule has 0 aliphatic rings. The summed E-state index contributed by atoms with van der Waals surface area (Å²) in [6, 6.07) is 8.20. The molecule has 5 heteroatoms. The Bertz CT molecular complexity index is 508. The summed E-state index contributed by atoms with van der Waals surface area (Å²) >= 11 is 0. The van der Waals surface area contributed by atoms with Crippen LogP contribution in [0.1, 0.15) is 26.2 Å². The number of para-hydroxylation sites is 1. The fraction of sp³-hybridized carbons (Fsp3) is 0.375. The van der Waals surface area contributed by atoms with E-state index in [-0.39, 0.29) is 25.0 Å². The highest BCUT2D eigenvalue weighted by Gasteiger charge is 2.18. The molecule has 0 saturated heterocycles. The highest BCUT2D eigenvalue weighted by Crippen LogP contribution is 2.14. The Morgan fingerprint density at radius 2 is 2.05 bits per heavy atom. The monoisotopic (exact) mass is 288 g/mol. The van der Waals surface area contributed by atoms with Gasteiger partial charge in [-0.25, -0.2) is 4.79 Å². The van der Waals surface area contributed by atoms with Gasteiger partial charge in [-0.15, -0.1) is 6.42 Å². The first-order valence-corrected chi connectivity index (χ1v) is 6.89. The van der Waals surface area contributed by atoms with E-state index >= 15 is 0 Å². The number of hydrogen-bond acceptors (Lipinski definition) is 2. The van der Waals surface area contributed by atoms with Crippen LogP contribution in [0.5, 0.6) is 0 Å². The molecule has 0 bridgehead atoms. The van der Waals surface area contributed by atoms with Gasteiger partial charge in [-0.1, -0.05) is 37.5 Å². The summed E-state index contributed by atoms with van der Waals surface area (Å²) < 4.78 is 0. The second-order valence-corrected chi connectivity index (χ2v) is 4.59. The van der Waals surface area contributed by atoms with Gasteiger partial charge in [-0.3, -0.25) is 9.69 Å². The van der Waals surface area contributed by atoms with Crippen LogP contribution in [0.2, 0.25) is 0 Å². The predicted octanol–water partition coefficient (Wildman–Crippen LogP) is 2.48. The third kappa shape index (κ3) is 5.57. The summed E-state index contributed by atoms with van der Waals surface area (Å²) in [5.74, 6) is 1.58. The summed E-state index contributed by atoms with van der Waals surface area (Å²) in [7, 11) is 0. The number of carbonyl (C=O) groups excluding carboxylic acids is 1. The molecule has 5 nitrogen and oxygen atoms in total. The molecule has 2 N–H and O–H groups in total. The van der Waals surface area contributed by atoms with E-state index in [0.717, 1.165) is 6.42 Å². The van der Waals surface area contributed by atoms with Crippen LogP contribution in [0.25, 0.3) is 0 Å². The Morgan fingerprint density at radius 3 is 2.57 bits per heavy atom. The lowest BCUT2D eigenvalue weighted by Gasteiger charge is -2.24. The van der Waals surface area contributed by atoms with Crippen LogP contribution in [-0.4, -0.2) is 29.7 Å². The first-order chi connectivity index (χ1) is 10.1. The number of carboxylic acids is 1. The molecule has 0 fully saturated rings. The zero-order valence-corrected chi connectivity index (χ0v) is 12.1. The summed E-state index contributed by atoms with van der Waals surface area (Å²) in [5, 5.41) is 11.6. The second kappa shape index (κ2) is 8.64. The van der Waals surface area contributed by atoms with Crippen LogP contribution in [0.15, 0.2) is 30.3 Å². The zero-order chi connectivity index (χ0) is 15.7. The average Bonchev–Trinajstić information content (AvgIpc) is 2.47. The van der Waals surface area contributed by atoms with Crippen molar-refractivity contribution in [2.75, 3.05) is 11.4 Å². The van der Waals surface area contributed by atoms with Crippen molar-refractivity contribution in [3.05, 3.63) is 30.3 Å². The molecule has 21 heavy (non-hydrogen) atoms. The van der Waals surface area contributed by atoms with Crippen molar-refractivity contribution in [2.45, 2.75) is 32.2 Å². The Hall–Kier alpha value is -2.48. The predicted molar refractivity (Wildman–Crippen MR) is 82.1 cm³/mol. The van der Waals surface area contributed by atoms with Crippen LogP contribution < -0.4 is 10.2 Å². The van der Waals surface area contributed by atoms with Crippen molar-refractivity contribution < 1.29 is 14.7 Å². The van der Waals surface area contributed by atoms with Gasteiger partial charge in [0.15, 0.2) is 0 Å². The Morgan fingerprint density at radius 1 is 1.38 bits per heavy atom. The number of rotatable bonds is 7. The van der Waals surface area contributed by atoms with Crippen molar-refractivity contribution in [3.8, 4) is 12.3 Å². The highest BCUT2D eigenvalue weighted by molar-refractivity contribution is 5.92. The maximum absolute atomic E-state index is 12.3. The fourth-order valence-corrected chi connectivity index (χ4v) is 1.88. The first kappa shape index (κ1) is 16.6. The van der Waals surface area contributed by atoms with Crippen molar-refractivity contribution in [2.24, 2.45) is 0 Å². The molecule has 2 amide bonds. The van der Waals surface area contributed by atoms with E-state index in [1.54, 1.807) is 24.3 Å². The second-order valence-electron chi connectivity index (χ2n) is 4.59. The third-order valence-electron chi connectivity index (χ3n) is 2.94. The van der Waals surface area contributed by atoms with Crippen molar-refractivity contribution in [1.29, 1.82) is 0 Å². The molecule has 1 rings (SSSR count). The molecular weight excluding hydrogens is 268 g/mol. The van der Waals surface area contributed by atoms with Crippen molar-refractivity contribution in [3.63, 3.8) is 0 Å². The van der Waals surface area contributed by atoms with Gasteiger partial charge >= 0.3 is 12.0 Å². The molecule has 1 aromatic rings. The van der Waals surface area contributed by atoms with Crippen LogP contribution >= 0.6 is 0 Å². The largest absolute Gasteiger partial charge is 0.481 e. The van der Waals surface area contributed by atoms with E-state index in [2.05, 4.69) is 11.2 Å². The lowest BCUT2D eigenvalue weighted by Crippen LogP contribution is -2.45. The highest BCUT2D eigenvalue weighted by atomic mass is 16.4. The molecule has 1 unspecified atom stereocenters. The number of terminal acetylenes is 1. The molecule has 0 radical (unpaired) electrons. The summed E-state index contributed by atoms with van der Waals surface area (Å²) in [5.41, 5.74) is 0.642. The molecule has 112 valence electrons. The van der Waals surface area contributed by atoms with Gasteiger partial charge in [0.05, 0.1) is 12.5 Å². The molecule has 0 heterocycles. The molecule has 0 aliphatic carbocycles. The van der Waals surface area contributed by atoms with Gasteiger partial charge in [-0.2, -0.15) is 0 Å². The minimum absolute atomic E-state index is 0.0919. The lowest BCUT2D eigenvalue weighted by molar-refractivity contribution is -0.136. The molecule has 0 spiro atoms. The fourth-order valence-electron chi connectivity index (χ4n) is 1.88. The SMILES string of the molecule is C#CC(CCC)NC(=O)N(CCC(=O)O)c1ccccc1. The maximum atomic E-state index is 12.3.